The Morgan fingerprint density at radius 1 is 1.33 bits per heavy atom. The molecule has 0 atom stereocenters. The van der Waals surface area contributed by atoms with E-state index >= 15 is 0 Å². The van der Waals surface area contributed by atoms with Gasteiger partial charge in [0.05, 0.1) is 12.1 Å². The fraction of sp³-hybridized carbons (Fsp3) is 0.389. The topological polar surface area (TPSA) is 76.5 Å². The molecule has 3 rings (SSSR count). The number of carbonyl (C=O) groups excluding carboxylic acids is 2. The van der Waals surface area contributed by atoms with Gasteiger partial charge in [0.25, 0.3) is 5.91 Å². The summed E-state index contributed by atoms with van der Waals surface area (Å²) < 4.78 is 19.9. The number of methoxy groups -OCH3 is 1. The van der Waals surface area contributed by atoms with Crippen LogP contribution in [-0.4, -0.2) is 46.7 Å². The predicted octanol–water partition coefficient (Wildman–Crippen LogP) is 2.71. The third-order valence-electron chi connectivity index (χ3n) is 4.56. The first-order valence-electron chi connectivity index (χ1n) is 8.52. The van der Waals surface area contributed by atoms with Crippen LogP contribution in [0, 0.1) is 11.7 Å². The van der Waals surface area contributed by atoms with Gasteiger partial charge in [-0.25, -0.2) is 4.39 Å². The second-order valence-electron chi connectivity index (χ2n) is 6.41. The van der Waals surface area contributed by atoms with Crippen LogP contribution in [0.5, 0.6) is 5.88 Å². The summed E-state index contributed by atoms with van der Waals surface area (Å²) in [6.07, 6.45) is 2.70. The molecule has 27 heavy (non-hydrogen) atoms. The first kappa shape index (κ1) is 19.2. The number of carbonyl (C=O) groups is 2. The predicted molar refractivity (Wildman–Crippen MR) is 98.4 cm³/mol. The summed E-state index contributed by atoms with van der Waals surface area (Å²) in [4.78, 5) is 26.8. The number of likely N-dealkylation sites (tertiary alicyclic amines) is 1. The van der Waals surface area contributed by atoms with Crippen molar-refractivity contribution in [1.82, 2.24) is 14.7 Å². The Kier molecular flexibility index (Phi) is 5.65. The van der Waals surface area contributed by atoms with Crippen molar-refractivity contribution < 1.29 is 18.7 Å². The minimum Gasteiger partial charge on any atom is -0.479 e. The van der Waals surface area contributed by atoms with E-state index < -0.39 is 5.82 Å². The zero-order chi connectivity index (χ0) is 19.6. The Morgan fingerprint density at radius 3 is 2.67 bits per heavy atom. The lowest BCUT2D eigenvalue weighted by atomic mass is 9.95. The Bertz CT molecular complexity index is 862. The number of ether oxygens (including phenoxy) is 1. The molecule has 1 fully saturated rings. The van der Waals surface area contributed by atoms with Gasteiger partial charge >= 0.3 is 0 Å². The molecule has 1 saturated heterocycles. The SMILES string of the molecule is COc1nn(C)cc1C(=O)N1CCC(C(=O)Nc2ccc(F)c(Cl)c2)CC1. The fourth-order valence-corrected chi connectivity index (χ4v) is 3.28. The Balaban J connectivity index is 1.58. The number of nitrogens with one attached hydrogen (secondary N) is 1. The number of amides is 2. The summed E-state index contributed by atoms with van der Waals surface area (Å²) in [5.74, 6) is -0.801. The average molecular weight is 395 g/mol. The molecule has 0 saturated carbocycles. The van der Waals surface area contributed by atoms with Crippen molar-refractivity contribution in [3.63, 3.8) is 0 Å². The van der Waals surface area contributed by atoms with Gasteiger partial charge in [0.1, 0.15) is 11.4 Å². The summed E-state index contributed by atoms with van der Waals surface area (Å²) >= 11 is 5.73. The molecule has 0 spiro atoms. The van der Waals surface area contributed by atoms with Crippen LogP contribution in [0.4, 0.5) is 10.1 Å². The molecule has 1 N–H and O–H groups in total. The molecule has 7 nitrogen and oxygen atoms in total. The number of nitrogens with zero attached hydrogens (tertiary/aromatic N) is 3. The van der Waals surface area contributed by atoms with Gasteiger partial charge in [0, 0.05) is 37.9 Å². The summed E-state index contributed by atoms with van der Waals surface area (Å²) in [5.41, 5.74) is 0.855. The highest BCUT2D eigenvalue weighted by Gasteiger charge is 2.30. The molecule has 2 aromatic rings. The van der Waals surface area contributed by atoms with Gasteiger partial charge < -0.3 is 15.0 Å². The summed E-state index contributed by atoms with van der Waals surface area (Å²) in [5, 5.41) is 6.80. The summed E-state index contributed by atoms with van der Waals surface area (Å²) in [6.45, 7) is 0.915. The van der Waals surface area contributed by atoms with E-state index in [0.717, 1.165) is 0 Å². The lowest BCUT2D eigenvalue weighted by Crippen LogP contribution is -2.41. The van der Waals surface area contributed by atoms with E-state index in [9.17, 15) is 14.0 Å². The number of aryl methyl sites for hydroxylation is 1. The van der Waals surface area contributed by atoms with E-state index in [4.69, 9.17) is 16.3 Å². The highest BCUT2D eigenvalue weighted by molar-refractivity contribution is 6.31. The Labute approximate surface area is 161 Å². The van der Waals surface area contributed by atoms with Crippen LogP contribution in [0.15, 0.2) is 24.4 Å². The molecule has 1 aliphatic rings. The van der Waals surface area contributed by atoms with Crippen molar-refractivity contribution in [3.05, 3.63) is 40.8 Å². The molecular formula is C18H20ClFN4O3. The number of anilines is 1. The fourth-order valence-electron chi connectivity index (χ4n) is 3.10. The number of hydrogen-bond acceptors (Lipinski definition) is 4. The molecule has 1 aromatic carbocycles. The molecule has 0 unspecified atom stereocenters. The molecule has 0 aliphatic carbocycles. The van der Waals surface area contributed by atoms with Crippen molar-refractivity contribution in [2.45, 2.75) is 12.8 Å². The van der Waals surface area contributed by atoms with Crippen LogP contribution < -0.4 is 10.1 Å². The average Bonchev–Trinajstić information content (AvgIpc) is 3.05. The van der Waals surface area contributed by atoms with Crippen LogP contribution in [0.25, 0.3) is 0 Å². The zero-order valence-electron chi connectivity index (χ0n) is 15.0. The normalized spacial score (nSPS) is 14.9. The van der Waals surface area contributed by atoms with Gasteiger partial charge in [-0.3, -0.25) is 14.3 Å². The van der Waals surface area contributed by atoms with Crippen LogP contribution >= 0.6 is 11.6 Å². The lowest BCUT2D eigenvalue weighted by molar-refractivity contribution is -0.121. The smallest absolute Gasteiger partial charge is 0.260 e. The highest BCUT2D eigenvalue weighted by atomic mass is 35.5. The minimum atomic E-state index is -0.535. The number of benzene rings is 1. The van der Waals surface area contributed by atoms with Gasteiger partial charge in [-0.05, 0) is 31.0 Å². The minimum absolute atomic E-state index is 0.0429. The van der Waals surface area contributed by atoms with E-state index in [1.165, 1.54) is 30.0 Å². The zero-order valence-corrected chi connectivity index (χ0v) is 15.8. The van der Waals surface area contributed by atoms with Gasteiger partial charge in [-0.15, -0.1) is 5.10 Å². The maximum atomic E-state index is 13.2. The number of rotatable bonds is 4. The van der Waals surface area contributed by atoms with Gasteiger partial charge in [-0.1, -0.05) is 11.6 Å². The van der Waals surface area contributed by atoms with Crippen molar-refractivity contribution in [2.24, 2.45) is 13.0 Å². The first-order chi connectivity index (χ1) is 12.9. The largest absolute Gasteiger partial charge is 0.479 e. The molecule has 1 aliphatic heterocycles. The molecule has 1 aromatic heterocycles. The molecular weight excluding hydrogens is 375 g/mol. The molecule has 0 radical (unpaired) electrons. The third kappa shape index (κ3) is 4.21. The van der Waals surface area contributed by atoms with Crippen LogP contribution in [0.3, 0.4) is 0 Å². The van der Waals surface area contributed by atoms with Gasteiger partial charge in [-0.2, -0.15) is 0 Å². The van der Waals surface area contributed by atoms with Crippen molar-refractivity contribution in [3.8, 4) is 5.88 Å². The van der Waals surface area contributed by atoms with Crippen LogP contribution in [-0.2, 0) is 11.8 Å². The second-order valence-corrected chi connectivity index (χ2v) is 6.82. The molecule has 0 bridgehead atoms. The van der Waals surface area contributed by atoms with Gasteiger partial charge in [0.2, 0.25) is 11.8 Å². The second kappa shape index (κ2) is 7.96. The quantitative estimate of drug-likeness (QED) is 0.865. The maximum Gasteiger partial charge on any atom is 0.260 e. The van der Waals surface area contributed by atoms with E-state index in [0.29, 0.717) is 37.2 Å². The van der Waals surface area contributed by atoms with E-state index in [2.05, 4.69) is 10.4 Å². The Hall–Kier alpha value is -2.61. The number of aromatic nitrogens is 2. The molecule has 2 heterocycles. The molecule has 144 valence electrons. The standard InChI is InChI=1S/C18H20ClFN4O3/c1-23-10-13(17(22-23)27-2)18(26)24-7-5-11(6-8-24)16(25)21-12-3-4-15(20)14(19)9-12/h3-4,9-11H,5-8H2,1-2H3,(H,21,25). The summed E-state index contributed by atoms with van der Waals surface area (Å²) in [6, 6.07) is 4.05. The first-order valence-corrected chi connectivity index (χ1v) is 8.89. The van der Waals surface area contributed by atoms with Gasteiger partial charge in [0.15, 0.2) is 0 Å². The van der Waals surface area contributed by atoms with Crippen LogP contribution in [0.2, 0.25) is 5.02 Å². The number of hydrogen-bond donors (Lipinski definition) is 1. The van der Waals surface area contributed by atoms with Crippen molar-refractivity contribution in [2.75, 3.05) is 25.5 Å². The Morgan fingerprint density at radius 2 is 2.04 bits per heavy atom. The number of halogens is 2. The van der Waals surface area contributed by atoms with Crippen LogP contribution in [0.1, 0.15) is 23.2 Å². The van der Waals surface area contributed by atoms with E-state index in [1.54, 1.807) is 18.1 Å². The highest BCUT2D eigenvalue weighted by Crippen LogP contribution is 2.25. The monoisotopic (exact) mass is 394 g/mol. The van der Waals surface area contributed by atoms with E-state index in [1.807, 2.05) is 0 Å². The van der Waals surface area contributed by atoms with Crippen molar-refractivity contribution in [1.29, 1.82) is 0 Å². The molecule has 2 amide bonds. The number of piperidine rings is 1. The summed E-state index contributed by atoms with van der Waals surface area (Å²) in [7, 11) is 3.19. The third-order valence-corrected chi connectivity index (χ3v) is 4.85. The van der Waals surface area contributed by atoms with E-state index in [-0.39, 0.29) is 28.6 Å². The molecule has 9 heteroatoms. The lowest BCUT2D eigenvalue weighted by Gasteiger charge is -2.31. The van der Waals surface area contributed by atoms with Crippen molar-refractivity contribution >= 4 is 29.1 Å². The maximum absolute atomic E-state index is 13.2.